The van der Waals surface area contributed by atoms with Crippen LogP contribution in [0.25, 0.3) is 0 Å². The highest BCUT2D eigenvalue weighted by molar-refractivity contribution is 5.95. The summed E-state index contributed by atoms with van der Waals surface area (Å²) in [7, 11) is 3.42. The summed E-state index contributed by atoms with van der Waals surface area (Å²) in [4.78, 5) is 25.5. The second-order valence-corrected chi connectivity index (χ2v) is 6.41. The van der Waals surface area contributed by atoms with Gasteiger partial charge in [-0.05, 0) is 42.8 Å². The van der Waals surface area contributed by atoms with Crippen LogP contribution in [0, 0.1) is 0 Å². The zero-order valence-corrected chi connectivity index (χ0v) is 16.1. The smallest absolute Gasteiger partial charge is 0.253 e. The van der Waals surface area contributed by atoms with E-state index in [0.29, 0.717) is 17.9 Å². The fourth-order valence-corrected chi connectivity index (χ4v) is 2.37. The Hall–Kier alpha value is -3.02. The molecule has 0 unspecified atom stereocenters. The average molecular weight is 369 g/mol. The van der Waals surface area contributed by atoms with Crippen LogP contribution in [0.4, 0.5) is 11.4 Å². The molecule has 0 atom stereocenters. The van der Waals surface area contributed by atoms with Crippen molar-refractivity contribution in [3.8, 4) is 5.75 Å². The standard InChI is InChI=1S/C21H27N3O3/c1-4-5-13-27-19-8-6-7-18(14-19)23-20(25)15-22-17-11-9-16(10-12-17)21(26)24(2)3/h6-12,14,22H,4-5,13,15H2,1-3H3,(H,23,25). The number of unbranched alkanes of at least 4 members (excludes halogenated alkanes) is 1. The molecule has 0 aromatic heterocycles. The Bertz CT molecular complexity index is 758. The molecule has 6 heteroatoms. The molecule has 2 amide bonds. The highest BCUT2D eigenvalue weighted by Gasteiger charge is 2.08. The van der Waals surface area contributed by atoms with E-state index in [1.165, 1.54) is 4.90 Å². The highest BCUT2D eigenvalue weighted by atomic mass is 16.5. The quantitative estimate of drug-likeness (QED) is 0.663. The van der Waals surface area contributed by atoms with Crippen molar-refractivity contribution in [2.24, 2.45) is 0 Å². The first-order valence-corrected chi connectivity index (χ1v) is 9.08. The lowest BCUT2D eigenvalue weighted by molar-refractivity contribution is -0.114. The number of rotatable bonds is 9. The molecule has 0 aliphatic carbocycles. The Kier molecular flexibility index (Phi) is 7.67. The maximum atomic E-state index is 12.1. The predicted octanol–water partition coefficient (Wildman–Crippen LogP) is 3.62. The zero-order chi connectivity index (χ0) is 19.6. The lowest BCUT2D eigenvalue weighted by atomic mass is 10.2. The van der Waals surface area contributed by atoms with Crippen molar-refractivity contribution in [2.45, 2.75) is 19.8 Å². The second kappa shape index (κ2) is 10.2. The average Bonchev–Trinajstić information content (AvgIpc) is 2.66. The van der Waals surface area contributed by atoms with Gasteiger partial charge < -0.3 is 20.3 Å². The molecule has 2 N–H and O–H groups in total. The van der Waals surface area contributed by atoms with Crippen LogP contribution in [0.15, 0.2) is 48.5 Å². The summed E-state index contributed by atoms with van der Waals surface area (Å²) in [5.74, 6) is 0.532. The normalized spacial score (nSPS) is 10.2. The lowest BCUT2D eigenvalue weighted by Gasteiger charge is -2.12. The van der Waals surface area contributed by atoms with E-state index in [4.69, 9.17) is 4.74 Å². The highest BCUT2D eigenvalue weighted by Crippen LogP contribution is 2.18. The van der Waals surface area contributed by atoms with Gasteiger partial charge in [0.1, 0.15) is 5.75 Å². The van der Waals surface area contributed by atoms with Crippen molar-refractivity contribution in [3.63, 3.8) is 0 Å². The molecule has 6 nitrogen and oxygen atoms in total. The molecule has 0 aliphatic heterocycles. The molecular weight excluding hydrogens is 342 g/mol. The minimum Gasteiger partial charge on any atom is -0.494 e. The third kappa shape index (κ3) is 6.66. The summed E-state index contributed by atoms with van der Waals surface area (Å²) in [5, 5.41) is 5.89. The number of benzene rings is 2. The van der Waals surface area contributed by atoms with E-state index < -0.39 is 0 Å². The number of nitrogens with one attached hydrogen (secondary N) is 2. The molecule has 0 radical (unpaired) electrons. The second-order valence-electron chi connectivity index (χ2n) is 6.41. The van der Waals surface area contributed by atoms with Crippen LogP contribution < -0.4 is 15.4 Å². The third-order valence-electron chi connectivity index (χ3n) is 3.88. The summed E-state index contributed by atoms with van der Waals surface area (Å²) < 4.78 is 5.65. The monoisotopic (exact) mass is 369 g/mol. The van der Waals surface area contributed by atoms with Gasteiger partial charge in [0.25, 0.3) is 5.91 Å². The molecule has 0 bridgehead atoms. The van der Waals surface area contributed by atoms with Crippen molar-refractivity contribution < 1.29 is 14.3 Å². The summed E-state index contributed by atoms with van der Waals surface area (Å²) in [6.07, 6.45) is 2.08. The number of carbonyl (C=O) groups excluding carboxylic acids is 2. The largest absolute Gasteiger partial charge is 0.494 e. The molecule has 144 valence electrons. The first kappa shape index (κ1) is 20.3. The lowest BCUT2D eigenvalue weighted by Crippen LogP contribution is -2.22. The van der Waals surface area contributed by atoms with Crippen LogP contribution in [-0.2, 0) is 4.79 Å². The Morgan fingerprint density at radius 2 is 1.78 bits per heavy atom. The van der Waals surface area contributed by atoms with E-state index in [9.17, 15) is 9.59 Å². The first-order valence-electron chi connectivity index (χ1n) is 9.08. The van der Waals surface area contributed by atoms with Gasteiger partial charge in [-0.25, -0.2) is 0 Å². The number of anilines is 2. The van der Waals surface area contributed by atoms with Crippen LogP contribution in [0.5, 0.6) is 5.75 Å². The van der Waals surface area contributed by atoms with Gasteiger partial charge in [0.15, 0.2) is 0 Å². The Balaban J connectivity index is 1.84. The maximum absolute atomic E-state index is 12.1. The molecule has 2 aromatic carbocycles. The van der Waals surface area contributed by atoms with E-state index >= 15 is 0 Å². The molecule has 0 aliphatic rings. The van der Waals surface area contributed by atoms with Crippen molar-refractivity contribution in [1.29, 1.82) is 0 Å². The van der Waals surface area contributed by atoms with Gasteiger partial charge in [0.05, 0.1) is 13.2 Å². The van der Waals surface area contributed by atoms with Gasteiger partial charge in [-0.3, -0.25) is 9.59 Å². The molecule has 0 heterocycles. The molecule has 0 saturated carbocycles. The van der Waals surface area contributed by atoms with Gasteiger partial charge in [-0.15, -0.1) is 0 Å². The van der Waals surface area contributed by atoms with Crippen LogP contribution in [-0.4, -0.2) is 44.0 Å². The minimum absolute atomic E-state index is 0.0552. The van der Waals surface area contributed by atoms with Crippen LogP contribution in [0.3, 0.4) is 0 Å². The summed E-state index contributed by atoms with van der Waals surface area (Å²) in [5.41, 5.74) is 2.08. The molecule has 0 spiro atoms. The fraction of sp³-hybridized carbons (Fsp3) is 0.333. The van der Waals surface area contributed by atoms with Crippen LogP contribution in [0.2, 0.25) is 0 Å². The molecular formula is C21H27N3O3. The molecule has 0 fully saturated rings. The van der Waals surface area contributed by atoms with E-state index in [0.717, 1.165) is 24.3 Å². The Morgan fingerprint density at radius 3 is 2.44 bits per heavy atom. The summed E-state index contributed by atoms with van der Waals surface area (Å²) in [6, 6.07) is 14.4. The van der Waals surface area contributed by atoms with Crippen LogP contribution in [0.1, 0.15) is 30.1 Å². The summed E-state index contributed by atoms with van der Waals surface area (Å²) >= 11 is 0. The minimum atomic E-state index is -0.158. The van der Waals surface area contributed by atoms with Gasteiger partial charge in [-0.2, -0.15) is 0 Å². The molecule has 2 rings (SSSR count). The molecule has 2 aromatic rings. The zero-order valence-electron chi connectivity index (χ0n) is 16.1. The topological polar surface area (TPSA) is 70.7 Å². The van der Waals surface area contributed by atoms with Crippen molar-refractivity contribution >= 4 is 23.2 Å². The van der Waals surface area contributed by atoms with Crippen molar-refractivity contribution in [3.05, 3.63) is 54.1 Å². The SMILES string of the molecule is CCCCOc1cccc(NC(=O)CNc2ccc(C(=O)N(C)C)cc2)c1. The number of hydrogen-bond donors (Lipinski definition) is 2. The first-order chi connectivity index (χ1) is 13.0. The predicted molar refractivity (Wildman–Crippen MR) is 108 cm³/mol. The number of carbonyl (C=O) groups is 2. The van der Waals surface area contributed by atoms with Gasteiger partial charge >= 0.3 is 0 Å². The van der Waals surface area contributed by atoms with E-state index in [2.05, 4.69) is 17.6 Å². The molecule has 0 saturated heterocycles. The van der Waals surface area contributed by atoms with Gasteiger partial charge in [0, 0.05) is 37.1 Å². The Morgan fingerprint density at radius 1 is 1.04 bits per heavy atom. The van der Waals surface area contributed by atoms with Crippen molar-refractivity contribution in [2.75, 3.05) is 37.9 Å². The van der Waals surface area contributed by atoms with Crippen LogP contribution >= 0.6 is 0 Å². The summed E-state index contributed by atoms with van der Waals surface area (Å²) in [6.45, 7) is 2.91. The third-order valence-corrected chi connectivity index (χ3v) is 3.88. The Labute approximate surface area is 160 Å². The van der Waals surface area contributed by atoms with E-state index in [1.54, 1.807) is 38.4 Å². The maximum Gasteiger partial charge on any atom is 0.253 e. The number of ether oxygens (including phenoxy) is 1. The van der Waals surface area contributed by atoms with Gasteiger partial charge in [0.2, 0.25) is 5.91 Å². The number of nitrogens with zero attached hydrogens (tertiary/aromatic N) is 1. The number of amides is 2. The van der Waals surface area contributed by atoms with E-state index in [-0.39, 0.29) is 18.4 Å². The number of hydrogen-bond acceptors (Lipinski definition) is 4. The molecule has 27 heavy (non-hydrogen) atoms. The van der Waals surface area contributed by atoms with Crippen molar-refractivity contribution in [1.82, 2.24) is 4.90 Å². The fourth-order valence-electron chi connectivity index (χ4n) is 2.37. The van der Waals surface area contributed by atoms with E-state index in [1.807, 2.05) is 24.3 Å². The van der Waals surface area contributed by atoms with Gasteiger partial charge in [-0.1, -0.05) is 19.4 Å².